The number of nitrogens with one attached hydrogen (secondary N) is 2. The maximum atomic E-state index is 4.49. The second kappa shape index (κ2) is 4.82. The zero-order chi connectivity index (χ0) is 14.2. The molecule has 0 radical (unpaired) electrons. The minimum atomic E-state index is 0.715. The van der Waals surface area contributed by atoms with Crippen molar-refractivity contribution in [1.82, 2.24) is 19.6 Å². The summed E-state index contributed by atoms with van der Waals surface area (Å²) in [5.74, 6) is 0.859. The molecule has 0 atom stereocenters. The van der Waals surface area contributed by atoms with Gasteiger partial charge in [-0.15, -0.1) is 0 Å². The molecule has 0 spiro atoms. The average Bonchev–Trinajstić information content (AvgIpc) is 3.11. The van der Waals surface area contributed by atoms with Crippen LogP contribution in [0.2, 0.25) is 0 Å². The van der Waals surface area contributed by atoms with Crippen LogP contribution in [0.1, 0.15) is 12.6 Å². The molecular formula is C15H13N5S. The van der Waals surface area contributed by atoms with E-state index in [2.05, 4.69) is 50.0 Å². The lowest BCUT2D eigenvalue weighted by atomic mass is 10.2. The summed E-state index contributed by atoms with van der Waals surface area (Å²) >= 11 is 1.54. The van der Waals surface area contributed by atoms with Gasteiger partial charge in [0.05, 0.1) is 15.8 Å². The number of benzene rings is 1. The van der Waals surface area contributed by atoms with E-state index in [1.54, 1.807) is 17.7 Å². The van der Waals surface area contributed by atoms with Crippen LogP contribution in [0.25, 0.3) is 21.1 Å². The van der Waals surface area contributed by atoms with Crippen molar-refractivity contribution < 1.29 is 0 Å². The number of aromatic nitrogens is 4. The third kappa shape index (κ3) is 2.04. The van der Waals surface area contributed by atoms with Crippen molar-refractivity contribution in [2.24, 2.45) is 0 Å². The van der Waals surface area contributed by atoms with Gasteiger partial charge in [0.15, 0.2) is 5.65 Å². The van der Waals surface area contributed by atoms with Crippen LogP contribution in [0, 0.1) is 0 Å². The van der Waals surface area contributed by atoms with Crippen molar-refractivity contribution in [2.45, 2.75) is 13.3 Å². The van der Waals surface area contributed by atoms with Gasteiger partial charge in [-0.2, -0.15) is 9.47 Å². The molecule has 0 fully saturated rings. The Labute approximate surface area is 125 Å². The summed E-state index contributed by atoms with van der Waals surface area (Å²) in [6, 6.07) is 10.2. The van der Waals surface area contributed by atoms with Crippen molar-refractivity contribution in [3.63, 3.8) is 0 Å². The van der Waals surface area contributed by atoms with E-state index in [1.807, 2.05) is 12.1 Å². The lowest BCUT2D eigenvalue weighted by molar-refractivity contribution is 1.10. The summed E-state index contributed by atoms with van der Waals surface area (Å²) < 4.78 is 5.68. The monoisotopic (exact) mass is 295 g/mol. The molecule has 3 aromatic heterocycles. The van der Waals surface area contributed by atoms with E-state index >= 15 is 0 Å². The average molecular weight is 295 g/mol. The number of hydrogen-bond donors (Lipinski definition) is 2. The van der Waals surface area contributed by atoms with Crippen molar-refractivity contribution in [1.29, 1.82) is 0 Å². The van der Waals surface area contributed by atoms with Crippen molar-refractivity contribution >= 4 is 44.2 Å². The van der Waals surface area contributed by atoms with E-state index in [1.165, 1.54) is 10.1 Å². The molecule has 6 heteroatoms. The normalized spacial score (nSPS) is 11.3. The number of aromatic amines is 1. The minimum absolute atomic E-state index is 0.715. The molecule has 1 aromatic carbocycles. The van der Waals surface area contributed by atoms with Gasteiger partial charge in [-0.1, -0.05) is 6.92 Å². The molecule has 0 aliphatic rings. The highest BCUT2D eigenvalue weighted by atomic mass is 32.1. The number of hydrogen-bond acceptors (Lipinski definition) is 5. The Kier molecular flexibility index (Phi) is 2.82. The largest absolute Gasteiger partial charge is 0.340 e. The summed E-state index contributed by atoms with van der Waals surface area (Å²) in [6.07, 6.45) is 2.70. The van der Waals surface area contributed by atoms with Gasteiger partial charge in [0, 0.05) is 17.3 Å². The number of fused-ring (bicyclic) bond motifs is 2. The first-order chi connectivity index (χ1) is 10.3. The zero-order valence-electron chi connectivity index (χ0n) is 11.4. The first-order valence-corrected chi connectivity index (χ1v) is 7.57. The fourth-order valence-electron chi connectivity index (χ4n) is 2.41. The summed E-state index contributed by atoms with van der Waals surface area (Å²) in [5, 5.41) is 12.8. The Hall–Kier alpha value is -2.47. The summed E-state index contributed by atoms with van der Waals surface area (Å²) in [5.41, 5.74) is 2.90. The predicted octanol–water partition coefficient (Wildman–Crippen LogP) is 3.87. The van der Waals surface area contributed by atoms with Gasteiger partial charge < -0.3 is 5.32 Å². The van der Waals surface area contributed by atoms with Crippen LogP contribution in [-0.4, -0.2) is 19.6 Å². The molecule has 0 bridgehead atoms. The number of nitrogens with zero attached hydrogens (tertiary/aromatic N) is 3. The Morgan fingerprint density at radius 1 is 1.24 bits per heavy atom. The van der Waals surface area contributed by atoms with E-state index in [9.17, 15) is 0 Å². The third-order valence-corrected chi connectivity index (χ3v) is 4.33. The lowest BCUT2D eigenvalue weighted by Gasteiger charge is -2.04. The minimum Gasteiger partial charge on any atom is -0.340 e. The maximum Gasteiger partial charge on any atom is 0.183 e. The topological polar surface area (TPSA) is 66.5 Å². The first-order valence-electron chi connectivity index (χ1n) is 6.79. The second-order valence-corrected chi connectivity index (χ2v) is 5.60. The number of rotatable bonds is 3. The summed E-state index contributed by atoms with van der Waals surface area (Å²) in [4.78, 5) is 4.22. The predicted molar refractivity (Wildman–Crippen MR) is 86.2 cm³/mol. The van der Waals surface area contributed by atoms with Crippen LogP contribution in [-0.2, 0) is 6.42 Å². The van der Waals surface area contributed by atoms with E-state index < -0.39 is 0 Å². The van der Waals surface area contributed by atoms with Crippen LogP contribution >= 0.6 is 11.5 Å². The Morgan fingerprint density at radius 3 is 3.10 bits per heavy atom. The molecule has 104 valence electrons. The Balaban J connectivity index is 1.73. The number of anilines is 2. The number of H-pyrrole nitrogens is 1. The van der Waals surface area contributed by atoms with Crippen LogP contribution in [0.15, 0.2) is 36.5 Å². The summed E-state index contributed by atoms with van der Waals surface area (Å²) in [6.45, 7) is 2.13. The molecule has 4 rings (SSSR count). The highest BCUT2D eigenvalue weighted by Gasteiger charge is 2.08. The molecule has 3 heterocycles. The molecule has 21 heavy (non-hydrogen) atoms. The van der Waals surface area contributed by atoms with E-state index in [-0.39, 0.29) is 0 Å². The van der Waals surface area contributed by atoms with Gasteiger partial charge in [-0.25, -0.2) is 4.98 Å². The summed E-state index contributed by atoms with van der Waals surface area (Å²) in [7, 11) is 0. The zero-order valence-corrected chi connectivity index (χ0v) is 12.2. The molecule has 0 unspecified atom stereocenters. The van der Waals surface area contributed by atoms with Gasteiger partial charge in [0.1, 0.15) is 5.82 Å². The molecular weight excluding hydrogens is 282 g/mol. The SMILES string of the molecule is CCc1nsc2cc(Nc3[nH]nc4ncccc34)ccc12. The second-order valence-electron chi connectivity index (χ2n) is 4.79. The fraction of sp³-hybridized carbons (Fsp3) is 0.133. The van der Waals surface area contributed by atoms with E-state index in [4.69, 9.17) is 0 Å². The molecule has 2 N–H and O–H groups in total. The van der Waals surface area contributed by atoms with Gasteiger partial charge in [-0.3, -0.25) is 5.10 Å². The van der Waals surface area contributed by atoms with Crippen molar-refractivity contribution in [2.75, 3.05) is 5.32 Å². The van der Waals surface area contributed by atoms with Gasteiger partial charge >= 0.3 is 0 Å². The van der Waals surface area contributed by atoms with Crippen molar-refractivity contribution in [3.05, 3.63) is 42.2 Å². The molecule has 5 nitrogen and oxygen atoms in total. The molecule has 0 saturated heterocycles. The molecule has 0 aliphatic heterocycles. The third-order valence-electron chi connectivity index (χ3n) is 3.48. The maximum absolute atomic E-state index is 4.49. The smallest absolute Gasteiger partial charge is 0.183 e. The fourth-order valence-corrected chi connectivity index (χ4v) is 3.31. The van der Waals surface area contributed by atoms with Crippen LogP contribution in [0.5, 0.6) is 0 Å². The highest BCUT2D eigenvalue weighted by molar-refractivity contribution is 7.13. The van der Waals surface area contributed by atoms with Gasteiger partial charge in [-0.05, 0) is 48.3 Å². The Morgan fingerprint density at radius 2 is 2.19 bits per heavy atom. The quantitative estimate of drug-likeness (QED) is 0.602. The van der Waals surface area contributed by atoms with Gasteiger partial charge in [0.25, 0.3) is 0 Å². The van der Waals surface area contributed by atoms with E-state index in [0.717, 1.165) is 29.0 Å². The van der Waals surface area contributed by atoms with Crippen LogP contribution < -0.4 is 5.32 Å². The molecule has 0 saturated carbocycles. The molecule has 0 amide bonds. The number of aryl methyl sites for hydroxylation is 1. The molecule has 0 aliphatic carbocycles. The highest BCUT2D eigenvalue weighted by Crippen LogP contribution is 2.29. The standard InChI is InChI=1S/C15H13N5S/c1-2-12-10-6-5-9(8-13(10)21-20-12)17-15-11-4-3-7-16-14(11)18-19-15/h3-8H,2H2,1H3,(H2,16,17,18,19). The number of pyridine rings is 1. The lowest BCUT2D eigenvalue weighted by Crippen LogP contribution is -1.90. The van der Waals surface area contributed by atoms with Crippen molar-refractivity contribution in [3.8, 4) is 0 Å². The van der Waals surface area contributed by atoms with E-state index in [0.29, 0.717) is 5.65 Å². The molecule has 4 aromatic rings. The Bertz CT molecular complexity index is 924. The van der Waals surface area contributed by atoms with Gasteiger partial charge in [0.2, 0.25) is 0 Å². The van der Waals surface area contributed by atoms with Crippen LogP contribution in [0.4, 0.5) is 11.5 Å². The van der Waals surface area contributed by atoms with Crippen LogP contribution in [0.3, 0.4) is 0 Å². The first kappa shape index (κ1) is 12.3.